The number of hydrogen-bond acceptors (Lipinski definition) is 6. The third kappa shape index (κ3) is 4.39. The number of benzene rings is 1. The van der Waals surface area contributed by atoms with Crippen molar-refractivity contribution in [1.29, 1.82) is 0 Å². The van der Waals surface area contributed by atoms with Gasteiger partial charge in [-0.2, -0.15) is 22.0 Å². The Labute approximate surface area is 172 Å². The molecular formula is C15H19Cl2N6O4S+. The van der Waals surface area contributed by atoms with Crippen LogP contribution in [0, 0.1) is 0 Å². The minimum atomic E-state index is -3.45. The monoisotopic (exact) mass is 449 g/mol. The van der Waals surface area contributed by atoms with Gasteiger partial charge in [0.2, 0.25) is 5.27 Å². The molecule has 2 heterocycles. The van der Waals surface area contributed by atoms with Gasteiger partial charge in [0, 0.05) is 32.2 Å². The molecule has 1 aromatic carbocycles. The van der Waals surface area contributed by atoms with Crippen molar-refractivity contribution in [1.82, 2.24) is 13.9 Å². The number of amides is 1. The Morgan fingerprint density at radius 3 is 2.54 bits per heavy atom. The Hall–Kier alpha value is -1.92. The molecule has 1 aromatic heterocycles. The highest BCUT2D eigenvalue weighted by atomic mass is 35.5. The van der Waals surface area contributed by atoms with Crippen molar-refractivity contribution in [3.63, 3.8) is 0 Å². The average Bonchev–Trinajstić information content (AvgIpc) is 3.10. The molecular weight excluding hydrogens is 431 g/mol. The maximum Gasteiger partial charge on any atom is 0.306 e. The van der Waals surface area contributed by atoms with E-state index in [-0.39, 0.29) is 16.5 Å². The van der Waals surface area contributed by atoms with Gasteiger partial charge in [0.1, 0.15) is 0 Å². The fraction of sp³-hybridized carbons (Fsp3) is 0.400. The normalized spacial score (nSPS) is 15.8. The van der Waals surface area contributed by atoms with E-state index in [1.54, 1.807) is 11.1 Å². The molecule has 13 heteroatoms. The number of anilines is 1. The van der Waals surface area contributed by atoms with Crippen LogP contribution in [-0.2, 0) is 10.2 Å². The summed E-state index contributed by atoms with van der Waals surface area (Å²) in [6.45, 7) is 1.45. The predicted octanol–water partition coefficient (Wildman–Crippen LogP) is 0.581. The first kappa shape index (κ1) is 20.8. The van der Waals surface area contributed by atoms with Gasteiger partial charge in [0.15, 0.2) is 0 Å². The summed E-state index contributed by atoms with van der Waals surface area (Å²) in [7, 11) is -0.454. The van der Waals surface area contributed by atoms with Gasteiger partial charge >= 0.3 is 5.88 Å². The number of halogens is 2. The molecule has 0 bridgehead atoms. The van der Waals surface area contributed by atoms with Crippen LogP contribution in [0.15, 0.2) is 28.9 Å². The smallest absolute Gasteiger partial charge is 0.285 e. The molecule has 1 aliphatic heterocycles. The first-order valence-corrected chi connectivity index (χ1v) is 10.4. The second kappa shape index (κ2) is 8.21. The Morgan fingerprint density at radius 2 is 1.93 bits per heavy atom. The maximum atomic E-state index is 12.3. The molecule has 28 heavy (non-hydrogen) atoms. The largest absolute Gasteiger partial charge is 0.306 e. The van der Waals surface area contributed by atoms with Crippen LogP contribution in [0.25, 0.3) is 0 Å². The Kier molecular flexibility index (Phi) is 6.10. The molecule has 10 nitrogen and oxygen atoms in total. The summed E-state index contributed by atoms with van der Waals surface area (Å²) in [5.74, 6) is -0.341. The zero-order valence-electron chi connectivity index (χ0n) is 15.2. The van der Waals surface area contributed by atoms with Crippen LogP contribution in [0.1, 0.15) is 10.4 Å². The van der Waals surface area contributed by atoms with Crippen LogP contribution >= 0.6 is 23.2 Å². The number of carbonyl (C=O) groups is 1. The van der Waals surface area contributed by atoms with Gasteiger partial charge in [-0.25, -0.2) is 0 Å². The van der Waals surface area contributed by atoms with Gasteiger partial charge in [0.25, 0.3) is 22.3 Å². The molecule has 0 radical (unpaired) electrons. The van der Waals surface area contributed by atoms with Crippen LogP contribution in [0.2, 0.25) is 10.0 Å². The van der Waals surface area contributed by atoms with E-state index in [4.69, 9.17) is 27.7 Å². The summed E-state index contributed by atoms with van der Waals surface area (Å²) in [4.78, 5) is 13.8. The van der Waals surface area contributed by atoms with E-state index < -0.39 is 16.1 Å². The van der Waals surface area contributed by atoms with E-state index in [0.717, 1.165) is 0 Å². The van der Waals surface area contributed by atoms with Crippen molar-refractivity contribution < 1.29 is 22.5 Å². The number of nitrogens with zero attached hydrogens (tertiary/aromatic N) is 5. The lowest BCUT2D eigenvalue weighted by molar-refractivity contribution is -0.759. The summed E-state index contributed by atoms with van der Waals surface area (Å²) in [6, 6.07) is 4.54. The molecule has 1 amide bonds. The molecule has 0 spiro atoms. The molecule has 2 aromatic rings. The summed E-state index contributed by atoms with van der Waals surface area (Å²) < 4.78 is 32.0. The zero-order chi connectivity index (χ0) is 20.5. The van der Waals surface area contributed by atoms with Gasteiger partial charge in [-0.1, -0.05) is 23.2 Å². The first-order valence-electron chi connectivity index (χ1n) is 8.26. The molecule has 1 aliphatic rings. The highest BCUT2D eigenvalue weighted by molar-refractivity contribution is 7.86. The Bertz CT molecular complexity index is 973. The van der Waals surface area contributed by atoms with E-state index in [9.17, 15) is 13.2 Å². The summed E-state index contributed by atoms with van der Waals surface area (Å²) >= 11 is 11.9. The Balaban J connectivity index is 1.63. The minimum absolute atomic E-state index is 0.124. The van der Waals surface area contributed by atoms with Gasteiger partial charge in [-0.15, -0.1) is 0 Å². The third-order valence-corrected chi connectivity index (χ3v) is 6.65. The summed E-state index contributed by atoms with van der Waals surface area (Å²) in [6.07, 6.45) is 1.50. The fourth-order valence-electron chi connectivity index (χ4n) is 2.62. The van der Waals surface area contributed by atoms with Gasteiger partial charge < -0.3 is 0 Å². The lowest BCUT2D eigenvalue weighted by Gasteiger charge is -2.30. The number of carbonyl (C=O) groups excluding carboxylic acids is 1. The number of aromatic nitrogens is 2. The van der Waals surface area contributed by atoms with Gasteiger partial charge in [0.05, 0.1) is 28.5 Å². The SMILES string of the molecule is CN(C)S(=O)(=O)N1CCN([n+]2cc(NC(=O)c3ccc(Cl)cc3Cl)on2)CC1. The van der Waals surface area contributed by atoms with Crippen LogP contribution in [0.3, 0.4) is 0 Å². The molecule has 1 saturated heterocycles. The minimum Gasteiger partial charge on any atom is -0.285 e. The number of hydrogen-bond donors (Lipinski definition) is 1. The van der Waals surface area contributed by atoms with E-state index in [0.29, 0.717) is 31.2 Å². The topological polar surface area (TPSA) is 103 Å². The molecule has 1 fully saturated rings. The van der Waals surface area contributed by atoms with Crippen molar-refractivity contribution in [2.24, 2.45) is 0 Å². The molecule has 0 saturated carbocycles. The van der Waals surface area contributed by atoms with E-state index in [1.165, 1.54) is 45.8 Å². The molecule has 1 N–H and O–H groups in total. The van der Waals surface area contributed by atoms with Gasteiger partial charge in [-0.05, 0) is 18.2 Å². The Morgan fingerprint density at radius 1 is 1.25 bits per heavy atom. The van der Waals surface area contributed by atoms with E-state index >= 15 is 0 Å². The third-order valence-electron chi connectivity index (χ3n) is 4.16. The van der Waals surface area contributed by atoms with Crippen molar-refractivity contribution in [3.05, 3.63) is 40.0 Å². The zero-order valence-corrected chi connectivity index (χ0v) is 17.5. The van der Waals surface area contributed by atoms with Crippen LogP contribution in [-0.4, -0.2) is 68.5 Å². The summed E-state index contributed by atoms with van der Waals surface area (Å²) in [5.41, 5.74) is 0.247. The van der Waals surface area contributed by atoms with Crippen LogP contribution < -0.4 is 15.1 Å². The van der Waals surface area contributed by atoms with Crippen molar-refractivity contribution >= 4 is 45.2 Å². The van der Waals surface area contributed by atoms with Gasteiger partial charge in [-0.3, -0.25) is 14.6 Å². The lowest BCUT2D eigenvalue weighted by Crippen LogP contribution is -2.66. The quantitative estimate of drug-likeness (QED) is 0.669. The number of piperazine rings is 1. The first-order chi connectivity index (χ1) is 13.2. The maximum absolute atomic E-state index is 12.3. The second-order valence-electron chi connectivity index (χ2n) is 6.21. The van der Waals surface area contributed by atoms with E-state index in [1.807, 2.05) is 0 Å². The van der Waals surface area contributed by atoms with Crippen molar-refractivity contribution in [2.45, 2.75) is 0 Å². The highest BCUT2D eigenvalue weighted by Gasteiger charge is 2.33. The highest BCUT2D eigenvalue weighted by Crippen LogP contribution is 2.21. The molecule has 0 atom stereocenters. The van der Waals surface area contributed by atoms with Crippen LogP contribution in [0.4, 0.5) is 5.88 Å². The van der Waals surface area contributed by atoms with Crippen molar-refractivity contribution in [3.8, 4) is 0 Å². The average molecular weight is 450 g/mol. The fourth-order valence-corrected chi connectivity index (χ4v) is 4.20. The number of nitrogens with one attached hydrogen (secondary N) is 1. The molecule has 0 aliphatic carbocycles. The lowest BCUT2D eigenvalue weighted by atomic mass is 10.2. The van der Waals surface area contributed by atoms with Crippen molar-refractivity contribution in [2.75, 3.05) is 50.6 Å². The van der Waals surface area contributed by atoms with E-state index in [2.05, 4.69) is 10.6 Å². The second-order valence-corrected chi connectivity index (χ2v) is 9.19. The number of rotatable bonds is 5. The summed E-state index contributed by atoms with van der Waals surface area (Å²) in [5, 5.41) is 8.88. The standard InChI is InChI=1S/C15H18Cl2N6O4S/c1-20(2)28(25,26)22-7-5-21(6-8-22)23-10-14(27-19-23)18-15(24)12-4-3-11(16)9-13(12)17/h3-4,9-10H,5-8H2,1-2H3/p+1. The predicted molar refractivity (Wildman–Crippen MR) is 103 cm³/mol. The molecule has 3 rings (SSSR count). The molecule has 152 valence electrons. The molecule has 0 unspecified atom stereocenters. The van der Waals surface area contributed by atoms with Crippen LogP contribution in [0.5, 0.6) is 0 Å².